The summed E-state index contributed by atoms with van der Waals surface area (Å²) >= 11 is 0. The molecule has 1 aromatic heterocycles. The van der Waals surface area contributed by atoms with Crippen molar-refractivity contribution in [3.8, 4) is 5.95 Å². The van der Waals surface area contributed by atoms with E-state index in [0.717, 1.165) is 0 Å². The average Bonchev–Trinajstić information content (AvgIpc) is 2.12. The summed E-state index contributed by atoms with van der Waals surface area (Å²) in [7, 11) is -4.95. The van der Waals surface area contributed by atoms with Gasteiger partial charge in [-0.2, -0.15) is 0 Å². The first-order valence-corrected chi connectivity index (χ1v) is 3.79. The third-order valence-corrected chi connectivity index (χ3v) is 1.10. The fourth-order valence-corrected chi connectivity index (χ4v) is 0.750. The Kier molecular flexibility index (Phi) is 6.73. The molecule has 1 heterocycles. The maximum absolute atomic E-state index is 9.89. The van der Waals surface area contributed by atoms with Crippen LogP contribution in [0.15, 0.2) is 22.8 Å². The van der Waals surface area contributed by atoms with E-state index in [9.17, 15) is 14.4 Å². The number of rotatable bonds is 2. The first kappa shape index (κ1) is 14.5. The van der Waals surface area contributed by atoms with Crippen LogP contribution >= 0.6 is 7.82 Å². The van der Waals surface area contributed by atoms with Crippen molar-refractivity contribution in [2.45, 2.75) is 0 Å². The molecule has 0 aromatic carbocycles. The van der Waals surface area contributed by atoms with Gasteiger partial charge in [-0.05, 0) is 6.07 Å². The minimum Gasteiger partial charge on any atom is -0.780 e. The number of hydrogen-bond donors (Lipinski definition) is 0. The standard InChI is InChI=1S/C4H5O5P.Mg.H2O/c5-10(6,7)9-4-2-1-3-8-4;;/h1-3H,(H2,5,6,7);;1H2/q;+2;/p-2. The molecule has 1 rings (SSSR count). The second-order valence-electron chi connectivity index (χ2n) is 1.47. The molecule has 0 radical (unpaired) electrons. The summed E-state index contributed by atoms with van der Waals surface area (Å²) in [6.07, 6.45) is 1.20. The van der Waals surface area contributed by atoms with Crippen LogP contribution in [0.3, 0.4) is 0 Å². The van der Waals surface area contributed by atoms with E-state index in [-0.39, 0.29) is 34.5 Å². The van der Waals surface area contributed by atoms with Crippen molar-refractivity contribution in [1.82, 2.24) is 0 Å². The van der Waals surface area contributed by atoms with Gasteiger partial charge < -0.3 is 28.8 Å². The second kappa shape index (κ2) is 5.58. The van der Waals surface area contributed by atoms with Crippen LogP contribution in [0, 0.1) is 0 Å². The van der Waals surface area contributed by atoms with E-state index in [0.29, 0.717) is 0 Å². The molecule has 0 saturated carbocycles. The van der Waals surface area contributed by atoms with E-state index in [1.807, 2.05) is 0 Å². The van der Waals surface area contributed by atoms with Gasteiger partial charge >= 0.3 is 23.1 Å². The maximum atomic E-state index is 9.89. The van der Waals surface area contributed by atoms with Crippen molar-refractivity contribution < 1.29 is 28.8 Å². The number of furan rings is 1. The van der Waals surface area contributed by atoms with Crippen molar-refractivity contribution in [2.75, 3.05) is 0 Å². The number of phosphoric ester groups is 1. The first-order chi connectivity index (χ1) is 4.58. The van der Waals surface area contributed by atoms with Gasteiger partial charge in [0.05, 0.1) is 6.26 Å². The van der Waals surface area contributed by atoms with Crippen molar-refractivity contribution >= 4 is 30.9 Å². The third kappa shape index (κ3) is 5.59. The summed E-state index contributed by atoms with van der Waals surface area (Å²) in [6, 6.07) is 2.63. The summed E-state index contributed by atoms with van der Waals surface area (Å²) in [6.45, 7) is 0. The van der Waals surface area contributed by atoms with Crippen LogP contribution in [0.2, 0.25) is 0 Å². The molecule has 0 unspecified atom stereocenters. The quantitative estimate of drug-likeness (QED) is 0.419. The van der Waals surface area contributed by atoms with Crippen LogP contribution in [0.1, 0.15) is 0 Å². The largest absolute Gasteiger partial charge is 2.00 e. The van der Waals surface area contributed by atoms with E-state index in [1.54, 1.807) is 0 Å². The molecule has 0 amide bonds. The molecule has 0 aliphatic rings. The smallest absolute Gasteiger partial charge is 0.780 e. The third-order valence-electron chi connectivity index (χ3n) is 0.697. The van der Waals surface area contributed by atoms with Gasteiger partial charge in [-0.15, -0.1) is 0 Å². The predicted molar refractivity (Wildman–Crippen MR) is 36.3 cm³/mol. The van der Waals surface area contributed by atoms with Gasteiger partial charge in [-0.3, -0.25) is 0 Å². The molecule has 0 bridgehead atoms. The summed E-state index contributed by atoms with van der Waals surface area (Å²) in [5.41, 5.74) is 0. The normalized spacial score (nSPS) is 9.50. The van der Waals surface area contributed by atoms with E-state index in [4.69, 9.17) is 0 Å². The minimum absolute atomic E-state index is 0. The zero-order valence-electron chi connectivity index (χ0n) is 5.93. The molecule has 12 heavy (non-hydrogen) atoms. The Labute approximate surface area is 84.2 Å². The molecule has 64 valence electrons. The van der Waals surface area contributed by atoms with Crippen LogP contribution in [0.4, 0.5) is 0 Å². The van der Waals surface area contributed by atoms with Gasteiger partial charge in [-0.25, -0.2) is 0 Å². The molecule has 0 saturated heterocycles. The molecule has 0 atom stereocenters. The topological polar surface area (TPSA) is 117 Å². The summed E-state index contributed by atoms with van der Waals surface area (Å²) in [5, 5.41) is 0. The van der Waals surface area contributed by atoms with Gasteiger partial charge in [0.15, 0.2) is 0 Å². The zero-order chi connectivity index (χ0) is 7.61. The Morgan fingerprint density at radius 2 is 2.08 bits per heavy atom. The van der Waals surface area contributed by atoms with Gasteiger partial charge in [0.2, 0.25) is 0 Å². The molecule has 1 aromatic rings. The van der Waals surface area contributed by atoms with Crippen molar-refractivity contribution in [1.29, 1.82) is 0 Å². The average molecular weight is 204 g/mol. The van der Waals surface area contributed by atoms with E-state index in [1.165, 1.54) is 18.4 Å². The Morgan fingerprint density at radius 3 is 2.42 bits per heavy atom. The zero-order valence-corrected chi connectivity index (χ0v) is 8.24. The maximum Gasteiger partial charge on any atom is 2.00 e. The summed E-state index contributed by atoms with van der Waals surface area (Å²) < 4.78 is 18.1. The fourth-order valence-electron chi connectivity index (χ4n) is 0.426. The molecule has 0 aliphatic carbocycles. The Balaban J connectivity index is 0. The molecular weight excluding hydrogens is 199 g/mol. The van der Waals surface area contributed by atoms with E-state index >= 15 is 0 Å². The van der Waals surface area contributed by atoms with Gasteiger partial charge in [0.25, 0.3) is 5.95 Å². The molecule has 8 heteroatoms. The summed E-state index contributed by atoms with van der Waals surface area (Å²) in [4.78, 5) is 19.8. The molecule has 0 fully saturated rings. The molecule has 6 nitrogen and oxygen atoms in total. The van der Waals surface area contributed by atoms with Crippen LogP contribution in [0.25, 0.3) is 0 Å². The molecule has 0 spiro atoms. The van der Waals surface area contributed by atoms with Gasteiger partial charge in [0, 0.05) is 6.07 Å². The minimum atomic E-state index is -4.95. The fraction of sp³-hybridized carbons (Fsp3) is 0. The van der Waals surface area contributed by atoms with E-state index < -0.39 is 7.82 Å². The number of hydrogen-bond acceptors (Lipinski definition) is 5. The van der Waals surface area contributed by atoms with Crippen LogP contribution in [0.5, 0.6) is 5.95 Å². The van der Waals surface area contributed by atoms with Crippen LogP contribution in [-0.2, 0) is 4.57 Å². The molecular formula is C4H5MgO6P. The van der Waals surface area contributed by atoms with E-state index in [2.05, 4.69) is 8.94 Å². The van der Waals surface area contributed by atoms with Gasteiger partial charge in [-0.1, -0.05) is 0 Å². The van der Waals surface area contributed by atoms with Crippen molar-refractivity contribution in [3.05, 3.63) is 18.4 Å². The SMILES string of the molecule is O.O=P([O-])([O-])Oc1ccco1.[Mg+2]. The number of phosphoric acid groups is 1. The Hall–Kier alpha value is -0.0438. The monoisotopic (exact) mass is 204 g/mol. The second-order valence-corrected chi connectivity index (χ2v) is 2.55. The predicted octanol–water partition coefficient (Wildman–Crippen LogP) is -1.72. The van der Waals surface area contributed by atoms with Gasteiger partial charge in [0.1, 0.15) is 7.82 Å². The van der Waals surface area contributed by atoms with Crippen LogP contribution < -0.4 is 14.3 Å². The van der Waals surface area contributed by atoms with Crippen molar-refractivity contribution in [2.24, 2.45) is 0 Å². The Bertz CT molecular complexity index is 240. The Morgan fingerprint density at radius 1 is 1.50 bits per heavy atom. The van der Waals surface area contributed by atoms with Crippen molar-refractivity contribution in [3.63, 3.8) is 0 Å². The molecule has 0 aliphatic heterocycles. The molecule has 2 N–H and O–H groups in total. The summed E-state index contributed by atoms with van der Waals surface area (Å²) in [5.74, 6) is -0.312. The van der Waals surface area contributed by atoms with Crippen LogP contribution in [-0.4, -0.2) is 28.5 Å². The first-order valence-electron chi connectivity index (χ1n) is 2.33.